The second-order valence-electron chi connectivity index (χ2n) is 5.57. The zero-order valence-corrected chi connectivity index (χ0v) is 14.6. The van der Waals surface area contributed by atoms with Crippen molar-refractivity contribution in [2.45, 2.75) is 113 Å². The van der Waals surface area contributed by atoms with E-state index in [1.54, 1.807) is 0 Å². The van der Waals surface area contributed by atoms with E-state index < -0.39 is 0 Å². The Balaban J connectivity index is -0.000000190. The Labute approximate surface area is 119 Å². The Morgan fingerprint density at radius 2 is 0.722 bits per heavy atom. The molecule has 0 aromatic carbocycles. The van der Waals surface area contributed by atoms with Gasteiger partial charge >= 0.3 is 0 Å². The number of hydrogen-bond donors (Lipinski definition) is 0. The average Bonchev–Trinajstić information content (AvgIpc) is 2.38. The maximum absolute atomic E-state index is 2.25. The molecule has 0 aromatic rings. The number of rotatable bonds is 8. The quantitative estimate of drug-likeness (QED) is 0.393. The summed E-state index contributed by atoms with van der Waals surface area (Å²) in [5.41, 5.74) is 0. The lowest BCUT2D eigenvalue weighted by atomic mass is 10.2. The number of hydrogen-bond acceptors (Lipinski definition) is 0. The van der Waals surface area contributed by atoms with Crippen molar-refractivity contribution in [3.05, 3.63) is 0 Å². The predicted octanol–water partition coefficient (Wildman–Crippen LogP) is 7.62. The standard InChI is InChI=1S/C7H16.C6H14.C5H12/c1-3-5-7-6-4-2;1-3-5-6-4-2;1-4-5(2)3/h3-7H2,1-2H3;3-6H2,1-2H3;5H,4H2,1-3H3. The van der Waals surface area contributed by atoms with Crippen LogP contribution in [0.2, 0.25) is 0 Å². The van der Waals surface area contributed by atoms with E-state index in [2.05, 4.69) is 48.5 Å². The Bertz CT molecular complexity index is 86.2. The maximum atomic E-state index is 2.25. The molecule has 0 heterocycles. The first kappa shape index (κ1) is 23.1. The molecule has 0 atom stereocenters. The van der Waals surface area contributed by atoms with Crippen molar-refractivity contribution in [1.82, 2.24) is 0 Å². The van der Waals surface area contributed by atoms with Crippen LogP contribution in [0, 0.1) is 5.92 Å². The van der Waals surface area contributed by atoms with Crippen molar-refractivity contribution in [2.75, 3.05) is 0 Å². The van der Waals surface area contributed by atoms with Crippen LogP contribution in [0.3, 0.4) is 0 Å². The van der Waals surface area contributed by atoms with E-state index in [4.69, 9.17) is 0 Å². The fourth-order valence-corrected chi connectivity index (χ4v) is 1.18. The van der Waals surface area contributed by atoms with E-state index in [0.717, 1.165) is 5.92 Å². The molecule has 0 nitrogen and oxygen atoms in total. The Hall–Kier alpha value is 0. The normalized spacial score (nSPS) is 9.33. The van der Waals surface area contributed by atoms with E-state index in [-0.39, 0.29) is 0 Å². The van der Waals surface area contributed by atoms with Gasteiger partial charge in [0, 0.05) is 0 Å². The third-order valence-corrected chi connectivity index (χ3v) is 2.98. The van der Waals surface area contributed by atoms with Gasteiger partial charge in [-0.1, -0.05) is 113 Å². The van der Waals surface area contributed by atoms with Gasteiger partial charge in [-0.3, -0.25) is 0 Å². The molecule has 0 aliphatic carbocycles. The summed E-state index contributed by atoms with van der Waals surface area (Å²) in [6.45, 7) is 15.6. The molecule has 0 rings (SSSR count). The second-order valence-corrected chi connectivity index (χ2v) is 5.57. The van der Waals surface area contributed by atoms with Crippen molar-refractivity contribution in [2.24, 2.45) is 5.92 Å². The van der Waals surface area contributed by atoms with Gasteiger partial charge < -0.3 is 0 Å². The van der Waals surface area contributed by atoms with E-state index >= 15 is 0 Å². The van der Waals surface area contributed by atoms with Crippen molar-refractivity contribution in [3.63, 3.8) is 0 Å². The third kappa shape index (κ3) is 44.4. The SMILES string of the molecule is CCC(C)C.CCCCCC.CCCCCCC. The molecule has 0 fully saturated rings. The van der Waals surface area contributed by atoms with Gasteiger partial charge in [0.2, 0.25) is 0 Å². The van der Waals surface area contributed by atoms with Crippen molar-refractivity contribution in [3.8, 4) is 0 Å². The van der Waals surface area contributed by atoms with Crippen LogP contribution in [0.4, 0.5) is 0 Å². The van der Waals surface area contributed by atoms with Gasteiger partial charge in [-0.25, -0.2) is 0 Å². The van der Waals surface area contributed by atoms with Gasteiger partial charge in [0.15, 0.2) is 0 Å². The third-order valence-electron chi connectivity index (χ3n) is 2.98. The largest absolute Gasteiger partial charge is 0.0654 e. The van der Waals surface area contributed by atoms with E-state index in [1.165, 1.54) is 64.2 Å². The highest BCUT2D eigenvalue weighted by Crippen LogP contribution is 2.00. The van der Waals surface area contributed by atoms with Crippen molar-refractivity contribution < 1.29 is 0 Å². The summed E-state index contributed by atoms with van der Waals surface area (Å²) in [5, 5.41) is 0. The summed E-state index contributed by atoms with van der Waals surface area (Å²) in [6, 6.07) is 0. The minimum absolute atomic E-state index is 0.884. The molecular weight excluding hydrogens is 216 g/mol. The lowest BCUT2D eigenvalue weighted by Crippen LogP contribution is -1.77. The molecule has 0 bridgehead atoms. The van der Waals surface area contributed by atoms with Crippen LogP contribution < -0.4 is 0 Å². The van der Waals surface area contributed by atoms with Crippen molar-refractivity contribution >= 4 is 0 Å². The summed E-state index contributed by atoms with van der Waals surface area (Å²) < 4.78 is 0. The van der Waals surface area contributed by atoms with Gasteiger partial charge in [-0.05, 0) is 5.92 Å². The molecule has 0 radical (unpaired) electrons. The van der Waals surface area contributed by atoms with Gasteiger partial charge in [-0.15, -0.1) is 0 Å². The van der Waals surface area contributed by atoms with Crippen LogP contribution in [0.15, 0.2) is 0 Å². The number of unbranched alkanes of at least 4 members (excludes halogenated alkanes) is 7. The Kier molecular flexibility index (Phi) is 33.1. The van der Waals surface area contributed by atoms with E-state index in [9.17, 15) is 0 Å². The first-order chi connectivity index (χ1) is 8.60. The Morgan fingerprint density at radius 3 is 0.889 bits per heavy atom. The smallest absolute Gasteiger partial charge is 0.0474 e. The molecule has 0 aromatic heterocycles. The molecule has 0 heteroatoms. The molecular formula is C18H42. The second kappa shape index (κ2) is 25.8. The zero-order chi connectivity index (χ0) is 14.6. The fourth-order valence-electron chi connectivity index (χ4n) is 1.18. The molecule has 0 amide bonds. The van der Waals surface area contributed by atoms with Crippen LogP contribution >= 0.6 is 0 Å². The van der Waals surface area contributed by atoms with Gasteiger partial charge in [0.1, 0.15) is 0 Å². The zero-order valence-electron chi connectivity index (χ0n) is 14.6. The first-order valence-electron chi connectivity index (χ1n) is 8.60. The lowest BCUT2D eigenvalue weighted by Gasteiger charge is -1.90. The highest BCUT2D eigenvalue weighted by atomic mass is 13.9. The van der Waals surface area contributed by atoms with Gasteiger partial charge in [0.05, 0.1) is 0 Å². The van der Waals surface area contributed by atoms with Crippen LogP contribution in [0.25, 0.3) is 0 Å². The highest BCUT2D eigenvalue weighted by Gasteiger charge is 1.80. The monoisotopic (exact) mass is 258 g/mol. The molecule has 0 unspecified atom stereocenters. The van der Waals surface area contributed by atoms with Crippen LogP contribution in [0.5, 0.6) is 0 Å². The predicted molar refractivity (Wildman–Crippen MR) is 89.4 cm³/mol. The molecule has 0 saturated carbocycles. The summed E-state index contributed by atoms with van der Waals surface area (Å²) in [5.74, 6) is 0.884. The molecule has 0 saturated heterocycles. The van der Waals surface area contributed by atoms with Crippen LogP contribution in [-0.2, 0) is 0 Å². The topological polar surface area (TPSA) is 0 Å². The molecule has 0 aliphatic rings. The fraction of sp³-hybridized carbons (Fsp3) is 1.00. The minimum atomic E-state index is 0.884. The van der Waals surface area contributed by atoms with Crippen LogP contribution in [0.1, 0.15) is 113 Å². The van der Waals surface area contributed by atoms with Crippen molar-refractivity contribution in [1.29, 1.82) is 0 Å². The summed E-state index contributed by atoms with van der Waals surface area (Å²) >= 11 is 0. The molecule has 114 valence electrons. The average molecular weight is 259 g/mol. The van der Waals surface area contributed by atoms with Crippen LogP contribution in [-0.4, -0.2) is 0 Å². The van der Waals surface area contributed by atoms with E-state index in [1.807, 2.05) is 0 Å². The summed E-state index contributed by atoms with van der Waals surface area (Å²) in [6.07, 6.45) is 13.9. The molecule has 18 heavy (non-hydrogen) atoms. The van der Waals surface area contributed by atoms with Gasteiger partial charge in [-0.2, -0.15) is 0 Å². The first-order valence-corrected chi connectivity index (χ1v) is 8.60. The molecule has 0 aliphatic heterocycles. The van der Waals surface area contributed by atoms with E-state index in [0.29, 0.717) is 0 Å². The maximum Gasteiger partial charge on any atom is -0.0474 e. The lowest BCUT2D eigenvalue weighted by molar-refractivity contribution is 0.626. The summed E-state index contributed by atoms with van der Waals surface area (Å²) in [7, 11) is 0. The Morgan fingerprint density at radius 1 is 0.500 bits per heavy atom. The summed E-state index contributed by atoms with van der Waals surface area (Å²) in [4.78, 5) is 0. The van der Waals surface area contributed by atoms with Gasteiger partial charge in [0.25, 0.3) is 0 Å². The molecule has 0 spiro atoms. The minimum Gasteiger partial charge on any atom is -0.0654 e. The molecule has 0 N–H and O–H groups in total. The highest BCUT2D eigenvalue weighted by molar-refractivity contribution is 4.36.